The molecule has 3 unspecified atom stereocenters. The molecule has 1 saturated heterocycles. The van der Waals surface area contributed by atoms with Crippen LogP contribution >= 0.6 is 15.9 Å². The number of halogens is 2. The number of carbonyl (C=O) groups is 2. The molecule has 2 aliphatic rings. The normalized spacial score (nSPS) is 22.2. The number of carbonyl (C=O) groups excluding carboxylic acids is 2. The minimum Gasteiger partial charge on any atom is -0.394 e. The molecule has 1 aliphatic carbocycles. The van der Waals surface area contributed by atoms with Gasteiger partial charge in [0.1, 0.15) is 17.9 Å². The number of nitrogens with one attached hydrogen (secondary N) is 1. The van der Waals surface area contributed by atoms with Crippen molar-refractivity contribution in [3.63, 3.8) is 0 Å². The predicted molar refractivity (Wildman–Crippen MR) is 129 cm³/mol. The summed E-state index contributed by atoms with van der Waals surface area (Å²) in [5, 5.41) is 31.4. The van der Waals surface area contributed by atoms with Crippen LogP contribution in [0.1, 0.15) is 69.3 Å². The first-order valence-corrected chi connectivity index (χ1v) is 12.5. The molecule has 4 rings (SSSR count). The summed E-state index contributed by atoms with van der Waals surface area (Å²) in [6, 6.07) is 1.79. The van der Waals surface area contributed by atoms with Crippen molar-refractivity contribution in [2.75, 3.05) is 13.2 Å². The number of rotatable bonds is 7. The molecule has 3 N–H and O–H groups in total. The topological polar surface area (TPSA) is 121 Å². The van der Waals surface area contributed by atoms with E-state index in [1.807, 2.05) is 20.8 Å². The number of amides is 2. The van der Waals surface area contributed by atoms with Crippen LogP contribution in [0.2, 0.25) is 0 Å². The van der Waals surface area contributed by atoms with Gasteiger partial charge in [0.2, 0.25) is 11.8 Å². The zero-order valence-electron chi connectivity index (χ0n) is 20.0. The van der Waals surface area contributed by atoms with Gasteiger partial charge in [0.05, 0.1) is 28.9 Å². The van der Waals surface area contributed by atoms with E-state index in [4.69, 9.17) is 0 Å². The van der Waals surface area contributed by atoms with Gasteiger partial charge in [-0.2, -0.15) is 0 Å². The molecule has 0 radical (unpaired) electrons. The molecular weight excluding hydrogens is 521 g/mol. The van der Waals surface area contributed by atoms with Gasteiger partial charge in [-0.1, -0.05) is 32.1 Å². The van der Waals surface area contributed by atoms with E-state index < -0.39 is 48.0 Å². The highest BCUT2D eigenvalue weighted by atomic mass is 79.9. The lowest BCUT2D eigenvalue weighted by molar-refractivity contribution is -0.144. The van der Waals surface area contributed by atoms with Crippen LogP contribution in [-0.4, -0.2) is 67.2 Å². The SMILES string of the molecule is CC(C)(C)[C@@H](C(=O)N1CC(O)CC1C(=O)NC(CO)c1ccc(Br)c(F)c1)n1cc(C2CC2)nn1. The van der Waals surface area contributed by atoms with Crippen LogP contribution in [0, 0.1) is 11.2 Å². The maximum absolute atomic E-state index is 14.0. The smallest absolute Gasteiger partial charge is 0.248 e. The molecule has 1 aromatic heterocycles. The van der Waals surface area contributed by atoms with Crippen molar-refractivity contribution in [3.05, 3.63) is 45.9 Å². The Balaban J connectivity index is 1.55. The van der Waals surface area contributed by atoms with Crippen LogP contribution in [0.4, 0.5) is 4.39 Å². The molecule has 35 heavy (non-hydrogen) atoms. The second-order valence-corrected chi connectivity index (χ2v) is 11.3. The monoisotopic (exact) mass is 551 g/mol. The number of benzene rings is 1. The van der Waals surface area contributed by atoms with Gasteiger partial charge < -0.3 is 20.4 Å². The van der Waals surface area contributed by atoms with Crippen molar-refractivity contribution in [2.24, 2.45) is 5.41 Å². The molecule has 2 aromatic rings. The van der Waals surface area contributed by atoms with Gasteiger partial charge in [0.25, 0.3) is 0 Å². The fourth-order valence-electron chi connectivity index (χ4n) is 4.56. The van der Waals surface area contributed by atoms with E-state index in [0.717, 1.165) is 18.5 Å². The third-order valence-electron chi connectivity index (χ3n) is 6.55. The van der Waals surface area contributed by atoms with Crippen LogP contribution in [0.3, 0.4) is 0 Å². The summed E-state index contributed by atoms with van der Waals surface area (Å²) in [4.78, 5) is 28.4. The molecule has 0 bridgehead atoms. The quantitative estimate of drug-likeness (QED) is 0.486. The number of hydrogen-bond acceptors (Lipinski definition) is 6. The van der Waals surface area contributed by atoms with E-state index in [9.17, 15) is 24.2 Å². The van der Waals surface area contributed by atoms with Gasteiger partial charge in [0.15, 0.2) is 0 Å². The maximum atomic E-state index is 14.0. The summed E-state index contributed by atoms with van der Waals surface area (Å²) in [6.45, 7) is 5.30. The number of nitrogens with zero attached hydrogens (tertiary/aromatic N) is 4. The van der Waals surface area contributed by atoms with Crippen molar-refractivity contribution in [3.8, 4) is 0 Å². The van der Waals surface area contributed by atoms with E-state index >= 15 is 0 Å². The molecule has 1 aliphatic heterocycles. The second-order valence-electron chi connectivity index (χ2n) is 10.5. The first kappa shape index (κ1) is 25.7. The predicted octanol–water partition coefficient (Wildman–Crippen LogP) is 2.46. The Morgan fingerprint density at radius 1 is 1.31 bits per heavy atom. The Morgan fingerprint density at radius 2 is 2.03 bits per heavy atom. The molecule has 9 nitrogen and oxygen atoms in total. The van der Waals surface area contributed by atoms with Crippen LogP contribution in [-0.2, 0) is 9.59 Å². The number of likely N-dealkylation sites (tertiary alicyclic amines) is 1. The van der Waals surface area contributed by atoms with E-state index in [1.54, 1.807) is 16.9 Å². The summed E-state index contributed by atoms with van der Waals surface area (Å²) in [5.41, 5.74) is 0.707. The van der Waals surface area contributed by atoms with Gasteiger partial charge >= 0.3 is 0 Å². The lowest BCUT2D eigenvalue weighted by Crippen LogP contribution is -2.51. The average Bonchev–Trinajstić information content (AvgIpc) is 3.40. The van der Waals surface area contributed by atoms with Gasteiger partial charge in [-0.25, -0.2) is 9.07 Å². The third-order valence-corrected chi connectivity index (χ3v) is 7.20. The molecule has 2 fully saturated rings. The Kier molecular flexibility index (Phi) is 7.31. The summed E-state index contributed by atoms with van der Waals surface area (Å²) in [5.74, 6) is -1.00. The van der Waals surface area contributed by atoms with Gasteiger partial charge in [-0.05, 0) is 51.9 Å². The van der Waals surface area contributed by atoms with Crippen molar-refractivity contribution in [1.29, 1.82) is 0 Å². The van der Waals surface area contributed by atoms with Crippen LogP contribution in [0.15, 0.2) is 28.9 Å². The largest absolute Gasteiger partial charge is 0.394 e. The Labute approximate surface area is 211 Å². The number of aliphatic hydroxyl groups excluding tert-OH is 2. The fraction of sp³-hybridized carbons (Fsp3) is 0.583. The van der Waals surface area contributed by atoms with Crippen molar-refractivity contribution < 1.29 is 24.2 Å². The highest BCUT2D eigenvalue weighted by Crippen LogP contribution is 2.40. The summed E-state index contributed by atoms with van der Waals surface area (Å²) in [7, 11) is 0. The molecule has 190 valence electrons. The van der Waals surface area contributed by atoms with Gasteiger partial charge in [-0.3, -0.25) is 9.59 Å². The third kappa shape index (κ3) is 5.57. The molecule has 2 amide bonds. The Bertz CT molecular complexity index is 1100. The Hall–Kier alpha value is -2.37. The lowest BCUT2D eigenvalue weighted by atomic mass is 9.85. The number of hydrogen-bond donors (Lipinski definition) is 3. The average molecular weight is 552 g/mol. The van der Waals surface area contributed by atoms with Gasteiger partial charge in [-0.15, -0.1) is 5.10 Å². The van der Waals surface area contributed by atoms with E-state index in [-0.39, 0.29) is 23.3 Å². The second kappa shape index (κ2) is 9.94. The highest BCUT2D eigenvalue weighted by molar-refractivity contribution is 9.10. The maximum Gasteiger partial charge on any atom is 0.248 e. The molecule has 4 atom stereocenters. The van der Waals surface area contributed by atoms with Crippen LogP contribution < -0.4 is 5.32 Å². The van der Waals surface area contributed by atoms with Crippen molar-refractivity contribution >= 4 is 27.7 Å². The summed E-state index contributed by atoms with van der Waals surface area (Å²) in [6.07, 6.45) is 3.11. The number of aliphatic hydroxyl groups is 2. The fourth-order valence-corrected chi connectivity index (χ4v) is 4.80. The standard InChI is InChI=1S/C24H31BrFN5O4/c1-24(2,3)21(31-11-18(28-29-31)13-4-5-13)23(35)30-10-15(33)9-20(30)22(34)27-19(12-32)14-6-7-16(25)17(26)8-14/h6-8,11,13,15,19-21,32-33H,4-5,9-10,12H2,1-3H3,(H,27,34)/t15?,19?,20?,21-/m1/s1. The first-order chi connectivity index (χ1) is 16.5. The molecule has 2 heterocycles. The summed E-state index contributed by atoms with van der Waals surface area (Å²) < 4.78 is 15.8. The van der Waals surface area contributed by atoms with Crippen molar-refractivity contribution in [1.82, 2.24) is 25.2 Å². The summed E-state index contributed by atoms with van der Waals surface area (Å²) >= 11 is 3.09. The van der Waals surface area contributed by atoms with Crippen LogP contribution in [0.25, 0.3) is 0 Å². The minimum absolute atomic E-state index is 0.00435. The van der Waals surface area contributed by atoms with Gasteiger partial charge in [0, 0.05) is 25.1 Å². The van der Waals surface area contributed by atoms with E-state index in [0.29, 0.717) is 11.5 Å². The number of aromatic nitrogens is 3. The highest BCUT2D eigenvalue weighted by Gasteiger charge is 2.45. The molecule has 1 aromatic carbocycles. The first-order valence-electron chi connectivity index (χ1n) is 11.8. The minimum atomic E-state index is -0.942. The van der Waals surface area contributed by atoms with Crippen LogP contribution in [0.5, 0.6) is 0 Å². The lowest BCUT2D eigenvalue weighted by Gasteiger charge is -2.35. The van der Waals surface area contributed by atoms with Crippen molar-refractivity contribution in [2.45, 2.75) is 70.2 Å². The molecule has 0 spiro atoms. The zero-order chi connectivity index (χ0) is 25.5. The van der Waals surface area contributed by atoms with E-state index in [2.05, 4.69) is 31.6 Å². The molecule has 11 heteroatoms. The Morgan fingerprint density at radius 3 is 2.63 bits per heavy atom. The zero-order valence-corrected chi connectivity index (χ0v) is 21.6. The number of β-amino-alcohol motifs (C(OH)–C–C–N with tert-alkyl or cyclic N) is 1. The van der Waals surface area contributed by atoms with E-state index in [1.165, 1.54) is 17.0 Å². The molecule has 1 saturated carbocycles. The molecular formula is C24H31BrFN5O4.